The zero-order valence-electron chi connectivity index (χ0n) is 15.2. The monoisotopic (exact) mass is 353 g/mol. The molecule has 0 spiro atoms. The molecular weight excluding hydrogens is 330 g/mol. The highest BCUT2D eigenvalue weighted by atomic mass is 16.5. The van der Waals surface area contributed by atoms with Gasteiger partial charge in [-0.25, -0.2) is 0 Å². The summed E-state index contributed by atoms with van der Waals surface area (Å²) in [6.07, 6.45) is 0.950. The van der Waals surface area contributed by atoms with E-state index in [2.05, 4.69) is 17.3 Å². The van der Waals surface area contributed by atoms with E-state index in [4.69, 9.17) is 14.0 Å². The highest BCUT2D eigenvalue weighted by molar-refractivity contribution is 5.57. The first-order chi connectivity index (χ1) is 12.5. The van der Waals surface area contributed by atoms with Gasteiger partial charge in [0, 0.05) is 12.0 Å². The summed E-state index contributed by atoms with van der Waals surface area (Å²) in [6.45, 7) is 6.07. The molecule has 5 heteroatoms. The molecule has 1 atom stereocenters. The van der Waals surface area contributed by atoms with E-state index >= 15 is 0 Å². The molecule has 136 valence electrons. The quantitative estimate of drug-likeness (QED) is 0.682. The van der Waals surface area contributed by atoms with E-state index in [9.17, 15) is 4.79 Å². The number of nitrogens with one attached hydrogen (secondary N) is 1. The van der Waals surface area contributed by atoms with Gasteiger partial charge in [-0.2, -0.15) is 5.16 Å². The number of ether oxygens (including phenoxy) is 2. The number of rotatable bonds is 7. The first-order valence-corrected chi connectivity index (χ1v) is 8.71. The summed E-state index contributed by atoms with van der Waals surface area (Å²) in [4.78, 5) is 11.1. The summed E-state index contributed by atoms with van der Waals surface area (Å²) < 4.78 is 16.8. The molecule has 0 aliphatic heterocycles. The minimum atomic E-state index is -0.252. The van der Waals surface area contributed by atoms with Gasteiger partial charge >= 0.3 is 0 Å². The van der Waals surface area contributed by atoms with Crippen molar-refractivity contribution in [3.8, 4) is 22.8 Å². The smallest absolute Gasteiger partial charge is 0.280 e. The fourth-order valence-electron chi connectivity index (χ4n) is 2.75. The highest BCUT2D eigenvalue weighted by Crippen LogP contribution is 2.23. The van der Waals surface area contributed by atoms with Crippen molar-refractivity contribution < 1.29 is 14.0 Å². The maximum Gasteiger partial charge on any atom is 0.280 e. The molecule has 0 fully saturated rings. The predicted molar refractivity (Wildman–Crippen MR) is 101 cm³/mol. The summed E-state index contributed by atoms with van der Waals surface area (Å²) in [5.74, 6) is 2.16. The maximum atomic E-state index is 11.1. The SMILES string of the molecule is CC(C)Oc1cccc(CC(C)Oc2ccc(-c3cc(=O)[nH]o3)cc2)c1. The first-order valence-electron chi connectivity index (χ1n) is 8.71. The Hall–Kier alpha value is -2.95. The zero-order valence-corrected chi connectivity index (χ0v) is 15.2. The van der Waals surface area contributed by atoms with Crippen molar-refractivity contribution in [3.63, 3.8) is 0 Å². The molecule has 2 aromatic carbocycles. The van der Waals surface area contributed by atoms with Crippen LogP contribution < -0.4 is 15.0 Å². The van der Waals surface area contributed by atoms with Gasteiger partial charge in [-0.1, -0.05) is 12.1 Å². The van der Waals surface area contributed by atoms with Crippen LogP contribution in [-0.4, -0.2) is 17.4 Å². The van der Waals surface area contributed by atoms with Gasteiger partial charge in [0.05, 0.1) is 18.3 Å². The van der Waals surface area contributed by atoms with Crippen molar-refractivity contribution >= 4 is 0 Å². The number of aromatic amines is 1. The first kappa shape index (κ1) is 17.9. The lowest BCUT2D eigenvalue weighted by Gasteiger charge is -2.16. The molecule has 26 heavy (non-hydrogen) atoms. The Morgan fingerprint density at radius 3 is 2.38 bits per heavy atom. The fraction of sp³-hybridized carbons (Fsp3) is 0.286. The molecule has 0 aliphatic carbocycles. The van der Waals surface area contributed by atoms with Gasteiger partial charge in [0.15, 0.2) is 5.76 Å². The van der Waals surface area contributed by atoms with Gasteiger partial charge in [0.1, 0.15) is 11.5 Å². The lowest BCUT2D eigenvalue weighted by atomic mass is 10.1. The summed E-state index contributed by atoms with van der Waals surface area (Å²) >= 11 is 0. The second-order valence-electron chi connectivity index (χ2n) is 6.55. The van der Waals surface area contributed by atoms with Crippen molar-refractivity contribution in [2.75, 3.05) is 0 Å². The molecule has 1 unspecified atom stereocenters. The third kappa shape index (κ3) is 4.79. The highest BCUT2D eigenvalue weighted by Gasteiger charge is 2.09. The Balaban J connectivity index is 1.61. The summed E-state index contributed by atoms with van der Waals surface area (Å²) in [6, 6.07) is 17.0. The third-order valence-electron chi connectivity index (χ3n) is 3.79. The van der Waals surface area contributed by atoms with Gasteiger partial charge < -0.3 is 14.0 Å². The van der Waals surface area contributed by atoms with Crippen molar-refractivity contribution in [3.05, 3.63) is 70.5 Å². The zero-order chi connectivity index (χ0) is 18.5. The third-order valence-corrected chi connectivity index (χ3v) is 3.79. The van der Waals surface area contributed by atoms with Crippen LogP contribution in [-0.2, 0) is 6.42 Å². The lowest BCUT2D eigenvalue weighted by Crippen LogP contribution is -2.15. The van der Waals surface area contributed by atoms with Crippen LogP contribution in [0.4, 0.5) is 0 Å². The van der Waals surface area contributed by atoms with Crippen molar-refractivity contribution in [2.45, 2.75) is 39.4 Å². The Morgan fingerprint density at radius 2 is 1.73 bits per heavy atom. The van der Waals surface area contributed by atoms with Gasteiger partial charge in [-0.05, 0) is 62.7 Å². The van der Waals surface area contributed by atoms with Crippen molar-refractivity contribution in [1.82, 2.24) is 5.16 Å². The standard InChI is InChI=1S/C21H23NO4/c1-14(2)24-19-6-4-5-16(12-19)11-15(3)25-18-9-7-17(8-10-18)20-13-21(23)22-26-20/h4-10,12-15H,11H2,1-3H3,(H,22,23). The Kier molecular flexibility index (Phi) is 5.46. The van der Waals surface area contributed by atoms with Gasteiger partial charge in [-0.15, -0.1) is 0 Å². The van der Waals surface area contributed by atoms with Crippen molar-refractivity contribution in [2.24, 2.45) is 0 Å². The lowest BCUT2D eigenvalue weighted by molar-refractivity contribution is 0.221. The minimum Gasteiger partial charge on any atom is -0.491 e. The summed E-state index contributed by atoms with van der Waals surface area (Å²) in [5.41, 5.74) is 1.74. The van der Waals surface area contributed by atoms with Gasteiger partial charge in [0.2, 0.25) is 0 Å². The average Bonchev–Trinajstić information content (AvgIpc) is 3.01. The molecule has 0 radical (unpaired) electrons. The molecule has 5 nitrogen and oxygen atoms in total. The number of hydrogen-bond donors (Lipinski definition) is 1. The molecule has 3 aromatic rings. The summed E-state index contributed by atoms with van der Waals surface area (Å²) in [5, 5.41) is 2.29. The molecule has 1 aromatic heterocycles. The second-order valence-corrected chi connectivity index (χ2v) is 6.55. The van der Waals surface area contributed by atoms with Gasteiger partial charge in [-0.3, -0.25) is 4.79 Å². The number of hydrogen-bond acceptors (Lipinski definition) is 4. The van der Waals surface area contributed by atoms with E-state index in [1.54, 1.807) is 0 Å². The van der Waals surface area contributed by atoms with Crippen molar-refractivity contribution in [1.29, 1.82) is 0 Å². The average molecular weight is 353 g/mol. The molecule has 1 N–H and O–H groups in total. The molecular formula is C21H23NO4. The fourth-order valence-corrected chi connectivity index (χ4v) is 2.75. The van der Waals surface area contributed by atoms with E-state index in [-0.39, 0.29) is 17.8 Å². The van der Waals surface area contributed by atoms with Crippen LogP contribution in [0.15, 0.2) is 63.9 Å². The van der Waals surface area contributed by atoms with Crippen LogP contribution in [0.1, 0.15) is 26.3 Å². The summed E-state index contributed by atoms with van der Waals surface area (Å²) in [7, 11) is 0. The number of H-pyrrole nitrogens is 1. The maximum absolute atomic E-state index is 11.1. The molecule has 0 saturated heterocycles. The van der Waals surface area contributed by atoms with Crippen LogP contribution >= 0.6 is 0 Å². The molecule has 0 amide bonds. The molecule has 3 rings (SSSR count). The minimum absolute atomic E-state index is 0.0142. The van der Waals surface area contributed by atoms with E-state index in [0.29, 0.717) is 5.76 Å². The number of aromatic nitrogens is 1. The van der Waals surface area contributed by atoms with Crippen LogP contribution in [0.3, 0.4) is 0 Å². The molecule has 0 bridgehead atoms. The normalized spacial score (nSPS) is 12.2. The Labute approximate surface area is 152 Å². The second kappa shape index (κ2) is 7.95. The van der Waals surface area contributed by atoms with Crippen LogP contribution in [0.2, 0.25) is 0 Å². The largest absolute Gasteiger partial charge is 0.491 e. The van der Waals surface area contributed by atoms with E-state index in [1.165, 1.54) is 11.6 Å². The Morgan fingerprint density at radius 1 is 0.962 bits per heavy atom. The van der Waals surface area contributed by atoms with Crippen LogP contribution in [0.5, 0.6) is 11.5 Å². The van der Waals surface area contributed by atoms with E-state index < -0.39 is 0 Å². The molecule has 0 aliphatic rings. The predicted octanol–water partition coefficient (Wildman–Crippen LogP) is 4.43. The van der Waals surface area contributed by atoms with Crippen LogP contribution in [0, 0.1) is 0 Å². The molecule has 1 heterocycles. The topological polar surface area (TPSA) is 64.5 Å². The Bertz CT molecular complexity index is 893. The number of benzene rings is 2. The van der Waals surface area contributed by atoms with E-state index in [1.807, 2.05) is 57.2 Å². The van der Waals surface area contributed by atoms with Crippen LogP contribution in [0.25, 0.3) is 11.3 Å². The van der Waals surface area contributed by atoms with E-state index in [0.717, 1.165) is 23.5 Å². The molecule has 0 saturated carbocycles. The van der Waals surface area contributed by atoms with Gasteiger partial charge in [0.25, 0.3) is 5.56 Å².